The van der Waals surface area contributed by atoms with Crippen LogP contribution in [0.1, 0.15) is 28.4 Å². The summed E-state index contributed by atoms with van der Waals surface area (Å²) >= 11 is 0. The van der Waals surface area contributed by atoms with Gasteiger partial charge < -0.3 is 31.4 Å². The number of aryl methyl sites for hydroxylation is 1. The van der Waals surface area contributed by atoms with Gasteiger partial charge in [0.1, 0.15) is 18.1 Å². The van der Waals surface area contributed by atoms with E-state index in [2.05, 4.69) is 5.32 Å². The minimum atomic E-state index is -1.08. The minimum Gasteiger partial charge on any atom is -0.495 e. The number of methoxy groups -OCH3 is 1. The average Bonchev–Trinajstić information content (AvgIpc) is 2.84. The minimum absolute atomic E-state index is 0.0606. The van der Waals surface area contributed by atoms with Crippen molar-refractivity contribution in [1.82, 2.24) is 5.32 Å². The number of para-hydroxylation sites is 1. The molecule has 0 radical (unpaired) electrons. The summed E-state index contributed by atoms with van der Waals surface area (Å²) in [4.78, 5) is 37.3. The lowest BCUT2D eigenvalue weighted by molar-refractivity contribution is -0.121. The standard InChI is InChI=1S/C27H30N4O6/c1-16-6-4-5-7-21(16)31(27(29)35)22-10-8-18(12-24(22)36-3)13-25(32)30-17(2)15-37-23-11-9-19(26(33)34)14-20(23)28/h4-12,14,17H,13,15,28H2,1-3H3,(H2,29,35)(H,30,32)(H,33,34)/t17-/m0/s1. The van der Waals surface area contributed by atoms with Crippen LogP contribution in [0.25, 0.3) is 0 Å². The highest BCUT2D eigenvalue weighted by Crippen LogP contribution is 2.36. The van der Waals surface area contributed by atoms with Crippen molar-refractivity contribution < 1.29 is 29.0 Å². The number of rotatable bonds is 10. The lowest BCUT2D eigenvalue weighted by Gasteiger charge is -2.24. The molecule has 1 atom stereocenters. The smallest absolute Gasteiger partial charge is 0.335 e. The van der Waals surface area contributed by atoms with E-state index >= 15 is 0 Å². The molecule has 3 aromatic rings. The first kappa shape index (κ1) is 26.9. The highest BCUT2D eigenvalue weighted by atomic mass is 16.5. The summed E-state index contributed by atoms with van der Waals surface area (Å²) < 4.78 is 11.1. The molecule has 0 aliphatic carbocycles. The number of nitrogens with zero attached hydrogens (tertiary/aromatic N) is 1. The van der Waals surface area contributed by atoms with Crippen LogP contribution in [-0.2, 0) is 11.2 Å². The first-order valence-corrected chi connectivity index (χ1v) is 11.5. The molecule has 0 aliphatic rings. The summed E-state index contributed by atoms with van der Waals surface area (Å²) in [6, 6.07) is 15.6. The molecule has 0 fully saturated rings. The van der Waals surface area contributed by atoms with Crippen molar-refractivity contribution in [2.75, 3.05) is 24.4 Å². The Balaban J connectivity index is 1.66. The van der Waals surface area contributed by atoms with Gasteiger partial charge in [-0.05, 0) is 61.4 Å². The van der Waals surface area contributed by atoms with Crippen LogP contribution in [0.5, 0.6) is 11.5 Å². The molecule has 0 saturated heterocycles. The largest absolute Gasteiger partial charge is 0.495 e. The zero-order valence-electron chi connectivity index (χ0n) is 20.9. The SMILES string of the molecule is COc1cc(CC(=O)N[C@@H](C)COc2ccc(C(=O)O)cc2N)ccc1N(C(N)=O)c1ccccc1C. The molecule has 0 heterocycles. The van der Waals surface area contributed by atoms with Crippen molar-refractivity contribution in [2.45, 2.75) is 26.3 Å². The Hall–Kier alpha value is -4.73. The number of nitrogen functional groups attached to an aromatic ring is 1. The molecular formula is C27H30N4O6. The van der Waals surface area contributed by atoms with Crippen LogP contribution in [0.2, 0.25) is 0 Å². The quantitative estimate of drug-likeness (QED) is 0.306. The molecule has 0 saturated carbocycles. The Bertz CT molecular complexity index is 1310. The van der Waals surface area contributed by atoms with Crippen LogP contribution in [0.3, 0.4) is 0 Å². The Morgan fingerprint density at radius 2 is 1.76 bits per heavy atom. The molecule has 0 spiro atoms. The molecular weight excluding hydrogens is 476 g/mol. The van der Waals surface area contributed by atoms with Gasteiger partial charge >= 0.3 is 12.0 Å². The maximum absolute atomic E-state index is 12.6. The number of carboxylic acids is 1. The van der Waals surface area contributed by atoms with Crippen LogP contribution in [-0.4, -0.2) is 42.8 Å². The normalized spacial score (nSPS) is 11.3. The fourth-order valence-corrected chi connectivity index (χ4v) is 3.78. The van der Waals surface area contributed by atoms with Gasteiger partial charge in [0, 0.05) is 0 Å². The maximum Gasteiger partial charge on any atom is 0.335 e. The first-order chi connectivity index (χ1) is 17.6. The summed E-state index contributed by atoms with van der Waals surface area (Å²) in [7, 11) is 1.48. The monoisotopic (exact) mass is 506 g/mol. The van der Waals surface area contributed by atoms with Gasteiger partial charge in [-0.2, -0.15) is 0 Å². The number of carbonyl (C=O) groups excluding carboxylic acids is 2. The number of nitrogens with two attached hydrogens (primary N) is 2. The number of anilines is 3. The van der Waals surface area contributed by atoms with E-state index in [4.69, 9.17) is 26.0 Å². The second-order valence-corrected chi connectivity index (χ2v) is 8.48. The summed E-state index contributed by atoms with van der Waals surface area (Å²) in [5.74, 6) is -0.602. The van der Waals surface area contributed by atoms with E-state index in [9.17, 15) is 14.4 Å². The van der Waals surface area contributed by atoms with Gasteiger partial charge in [0.25, 0.3) is 0 Å². The second kappa shape index (κ2) is 11.8. The predicted octanol–water partition coefficient (Wildman–Crippen LogP) is 3.63. The van der Waals surface area contributed by atoms with Crippen LogP contribution in [0.4, 0.5) is 21.9 Å². The summed E-state index contributed by atoms with van der Waals surface area (Å²) in [6.45, 7) is 3.78. The third-order valence-corrected chi connectivity index (χ3v) is 5.58. The molecule has 3 rings (SSSR count). The van der Waals surface area contributed by atoms with Gasteiger partial charge in [0.15, 0.2) is 0 Å². The fraction of sp³-hybridized carbons (Fsp3) is 0.222. The molecule has 0 bridgehead atoms. The molecule has 0 aliphatic heterocycles. The highest BCUT2D eigenvalue weighted by Gasteiger charge is 2.21. The number of carboxylic acid groups (broad SMARTS) is 1. The van der Waals surface area contributed by atoms with Crippen LogP contribution in [0.15, 0.2) is 60.7 Å². The van der Waals surface area contributed by atoms with E-state index in [1.807, 2.05) is 25.1 Å². The van der Waals surface area contributed by atoms with Crippen LogP contribution in [0, 0.1) is 6.92 Å². The second-order valence-electron chi connectivity index (χ2n) is 8.48. The fourth-order valence-electron chi connectivity index (χ4n) is 3.78. The lowest BCUT2D eigenvalue weighted by Crippen LogP contribution is -2.37. The van der Waals surface area contributed by atoms with E-state index in [0.29, 0.717) is 28.4 Å². The third kappa shape index (κ3) is 6.69. The molecule has 3 aromatic carbocycles. The summed E-state index contributed by atoms with van der Waals surface area (Å²) in [5.41, 5.74) is 14.4. The van der Waals surface area contributed by atoms with Crippen molar-refractivity contribution in [3.8, 4) is 11.5 Å². The third-order valence-electron chi connectivity index (χ3n) is 5.58. The summed E-state index contributed by atoms with van der Waals surface area (Å²) in [6.07, 6.45) is 0.0668. The number of amides is 3. The highest BCUT2D eigenvalue weighted by molar-refractivity contribution is 6.00. The number of ether oxygens (including phenoxy) is 2. The number of nitrogens with one attached hydrogen (secondary N) is 1. The summed E-state index contributed by atoms with van der Waals surface area (Å²) in [5, 5.41) is 11.9. The molecule has 3 amide bonds. The molecule has 6 N–H and O–H groups in total. The number of urea groups is 1. The van der Waals surface area contributed by atoms with Crippen molar-refractivity contribution in [2.24, 2.45) is 5.73 Å². The van der Waals surface area contributed by atoms with Crippen molar-refractivity contribution in [3.63, 3.8) is 0 Å². The number of carbonyl (C=O) groups is 3. The average molecular weight is 507 g/mol. The molecule has 10 nitrogen and oxygen atoms in total. The van der Waals surface area contributed by atoms with Gasteiger partial charge in [-0.3, -0.25) is 9.69 Å². The molecule has 37 heavy (non-hydrogen) atoms. The van der Waals surface area contributed by atoms with Crippen LogP contribution >= 0.6 is 0 Å². The maximum atomic E-state index is 12.6. The van der Waals surface area contributed by atoms with Gasteiger partial charge in [-0.25, -0.2) is 9.59 Å². The first-order valence-electron chi connectivity index (χ1n) is 11.5. The van der Waals surface area contributed by atoms with E-state index < -0.39 is 12.0 Å². The Morgan fingerprint density at radius 3 is 2.38 bits per heavy atom. The van der Waals surface area contributed by atoms with Gasteiger partial charge in [-0.15, -0.1) is 0 Å². The number of aromatic carboxylic acids is 1. The topological polar surface area (TPSA) is 157 Å². The van der Waals surface area contributed by atoms with E-state index in [0.717, 1.165) is 5.56 Å². The van der Waals surface area contributed by atoms with E-state index in [1.54, 1.807) is 31.2 Å². The van der Waals surface area contributed by atoms with Crippen molar-refractivity contribution in [3.05, 3.63) is 77.4 Å². The van der Waals surface area contributed by atoms with Gasteiger partial charge in [0.05, 0.1) is 42.2 Å². The number of hydrogen-bond donors (Lipinski definition) is 4. The van der Waals surface area contributed by atoms with Gasteiger partial charge in [-0.1, -0.05) is 24.3 Å². The molecule has 0 aromatic heterocycles. The molecule has 0 unspecified atom stereocenters. The Labute approximate surface area is 214 Å². The Kier molecular flexibility index (Phi) is 8.57. The molecule has 194 valence electrons. The van der Waals surface area contributed by atoms with E-state index in [1.165, 1.54) is 30.2 Å². The lowest BCUT2D eigenvalue weighted by atomic mass is 10.1. The number of benzene rings is 3. The zero-order chi connectivity index (χ0) is 27.1. The predicted molar refractivity (Wildman–Crippen MR) is 141 cm³/mol. The Morgan fingerprint density at radius 1 is 1.03 bits per heavy atom. The van der Waals surface area contributed by atoms with Crippen LogP contribution < -0.4 is 31.2 Å². The molecule has 10 heteroatoms. The van der Waals surface area contributed by atoms with E-state index in [-0.39, 0.29) is 36.2 Å². The van der Waals surface area contributed by atoms with Crippen molar-refractivity contribution >= 4 is 35.0 Å². The van der Waals surface area contributed by atoms with Gasteiger partial charge in [0.2, 0.25) is 5.91 Å². The zero-order valence-corrected chi connectivity index (χ0v) is 20.9. The number of primary amides is 1. The van der Waals surface area contributed by atoms with Crippen molar-refractivity contribution in [1.29, 1.82) is 0 Å². The number of hydrogen-bond acceptors (Lipinski definition) is 6.